The first kappa shape index (κ1) is 13.6. The summed E-state index contributed by atoms with van der Waals surface area (Å²) >= 11 is 0. The summed E-state index contributed by atoms with van der Waals surface area (Å²) in [6, 6.07) is 12.8. The lowest BCUT2D eigenvalue weighted by atomic mass is 10.1. The molecule has 0 unspecified atom stereocenters. The summed E-state index contributed by atoms with van der Waals surface area (Å²) < 4.78 is 5.64. The molecular weight excluding hydrogens is 254 g/mol. The van der Waals surface area contributed by atoms with Crippen LogP contribution in [0.15, 0.2) is 47.8 Å². The highest BCUT2D eigenvalue weighted by atomic mass is 16.5. The molecule has 0 amide bonds. The molecule has 5 heteroatoms. The molecule has 0 aliphatic rings. The molecular formula is C15H13N3O2. The minimum absolute atomic E-state index is 0.259. The third-order valence-corrected chi connectivity index (χ3v) is 2.79. The maximum Gasteiger partial charge on any atom is 0.147 e. The van der Waals surface area contributed by atoms with Gasteiger partial charge >= 0.3 is 0 Å². The van der Waals surface area contributed by atoms with E-state index in [0.717, 1.165) is 11.1 Å². The molecule has 0 atom stereocenters. The van der Waals surface area contributed by atoms with Crippen LogP contribution in [0.2, 0.25) is 0 Å². The van der Waals surface area contributed by atoms with Crippen molar-refractivity contribution in [1.82, 2.24) is 4.98 Å². The number of hydrogen-bond donors (Lipinski definition) is 1. The SMILES string of the molecule is CC(=NO)c1cccc(OCc2cccnc2C#N)c1. The Morgan fingerprint density at radius 2 is 2.25 bits per heavy atom. The molecule has 1 heterocycles. The van der Waals surface area contributed by atoms with Gasteiger partial charge in [0.25, 0.3) is 0 Å². The number of aromatic nitrogens is 1. The summed E-state index contributed by atoms with van der Waals surface area (Å²) in [5.74, 6) is 0.637. The van der Waals surface area contributed by atoms with Crippen LogP contribution in [0.3, 0.4) is 0 Å². The Kier molecular flexibility index (Phi) is 4.30. The second kappa shape index (κ2) is 6.34. The molecule has 0 spiro atoms. The Morgan fingerprint density at radius 1 is 1.40 bits per heavy atom. The second-order valence-corrected chi connectivity index (χ2v) is 4.12. The van der Waals surface area contributed by atoms with Crippen LogP contribution >= 0.6 is 0 Å². The molecule has 20 heavy (non-hydrogen) atoms. The highest BCUT2D eigenvalue weighted by Gasteiger charge is 2.04. The Balaban J connectivity index is 2.14. The summed E-state index contributed by atoms with van der Waals surface area (Å²) in [6.07, 6.45) is 1.57. The first-order valence-corrected chi connectivity index (χ1v) is 6.00. The normalized spacial score (nSPS) is 10.9. The quantitative estimate of drug-likeness (QED) is 0.525. The first-order chi connectivity index (χ1) is 9.74. The van der Waals surface area contributed by atoms with Gasteiger partial charge in [0.2, 0.25) is 0 Å². The number of benzene rings is 1. The molecule has 2 aromatic rings. The molecule has 1 aromatic heterocycles. The highest BCUT2D eigenvalue weighted by molar-refractivity contribution is 5.98. The van der Waals surface area contributed by atoms with Crippen molar-refractivity contribution >= 4 is 5.71 Å². The van der Waals surface area contributed by atoms with E-state index >= 15 is 0 Å². The third kappa shape index (κ3) is 3.12. The minimum Gasteiger partial charge on any atom is -0.489 e. The lowest BCUT2D eigenvalue weighted by molar-refractivity contribution is 0.305. The van der Waals surface area contributed by atoms with E-state index in [2.05, 4.69) is 10.1 Å². The van der Waals surface area contributed by atoms with Gasteiger partial charge < -0.3 is 9.94 Å². The van der Waals surface area contributed by atoms with Crippen LogP contribution in [0.5, 0.6) is 5.75 Å². The first-order valence-electron chi connectivity index (χ1n) is 6.00. The smallest absolute Gasteiger partial charge is 0.147 e. The van der Waals surface area contributed by atoms with Crippen LogP contribution in [0.1, 0.15) is 23.7 Å². The number of ether oxygens (including phenoxy) is 1. The molecule has 1 N–H and O–H groups in total. The van der Waals surface area contributed by atoms with Gasteiger partial charge in [-0.2, -0.15) is 5.26 Å². The van der Waals surface area contributed by atoms with Gasteiger partial charge in [0.05, 0.1) is 5.71 Å². The van der Waals surface area contributed by atoms with E-state index in [4.69, 9.17) is 15.2 Å². The monoisotopic (exact) mass is 267 g/mol. The fourth-order valence-electron chi connectivity index (χ4n) is 1.69. The van der Waals surface area contributed by atoms with Gasteiger partial charge in [-0.3, -0.25) is 0 Å². The lowest BCUT2D eigenvalue weighted by Gasteiger charge is -2.08. The molecule has 0 aliphatic carbocycles. The average Bonchev–Trinajstić information content (AvgIpc) is 2.52. The summed E-state index contributed by atoms with van der Waals surface area (Å²) in [4.78, 5) is 3.98. The number of hydrogen-bond acceptors (Lipinski definition) is 5. The fourth-order valence-corrected chi connectivity index (χ4v) is 1.69. The number of pyridine rings is 1. The Bertz CT molecular complexity index is 675. The van der Waals surface area contributed by atoms with E-state index in [9.17, 15) is 0 Å². The zero-order chi connectivity index (χ0) is 14.4. The van der Waals surface area contributed by atoms with Crippen LogP contribution in [-0.2, 0) is 6.61 Å². The van der Waals surface area contributed by atoms with E-state index in [0.29, 0.717) is 17.2 Å². The molecule has 0 aliphatic heterocycles. The van der Waals surface area contributed by atoms with Crippen molar-refractivity contribution in [3.05, 3.63) is 59.4 Å². The maximum absolute atomic E-state index is 8.95. The molecule has 1 aromatic carbocycles. The number of oxime groups is 1. The standard InChI is InChI=1S/C15H13N3O2/c1-11(18-19)12-4-2-6-14(8-12)20-10-13-5-3-7-17-15(13)9-16/h2-8,19H,10H2,1H3. The van der Waals surface area contributed by atoms with Gasteiger partial charge in [0, 0.05) is 17.3 Å². The molecule has 0 fully saturated rings. The van der Waals surface area contributed by atoms with Gasteiger partial charge in [-0.05, 0) is 25.1 Å². The van der Waals surface area contributed by atoms with E-state index in [1.54, 1.807) is 37.4 Å². The van der Waals surface area contributed by atoms with Gasteiger partial charge in [-0.1, -0.05) is 23.4 Å². The van der Waals surface area contributed by atoms with Gasteiger partial charge in [-0.15, -0.1) is 0 Å². The minimum atomic E-state index is 0.259. The van der Waals surface area contributed by atoms with Gasteiger partial charge in [0.1, 0.15) is 24.1 Å². The fraction of sp³-hybridized carbons (Fsp3) is 0.133. The van der Waals surface area contributed by atoms with Crippen molar-refractivity contribution in [2.75, 3.05) is 0 Å². The third-order valence-electron chi connectivity index (χ3n) is 2.79. The van der Waals surface area contributed by atoms with Gasteiger partial charge in [-0.25, -0.2) is 4.98 Å². The number of nitriles is 1. The van der Waals surface area contributed by atoms with Crippen LogP contribution in [0.4, 0.5) is 0 Å². The maximum atomic E-state index is 8.95. The van der Waals surface area contributed by atoms with E-state index in [1.165, 1.54) is 0 Å². The molecule has 0 saturated carbocycles. The Morgan fingerprint density at radius 3 is 3.00 bits per heavy atom. The summed E-state index contributed by atoms with van der Waals surface area (Å²) in [5.41, 5.74) is 2.37. The van der Waals surface area contributed by atoms with Crippen LogP contribution < -0.4 is 4.74 Å². The Hall–Kier alpha value is -2.87. The number of nitrogens with zero attached hydrogens (tertiary/aromatic N) is 3. The predicted molar refractivity (Wildman–Crippen MR) is 73.7 cm³/mol. The highest BCUT2D eigenvalue weighted by Crippen LogP contribution is 2.16. The van der Waals surface area contributed by atoms with Gasteiger partial charge in [0.15, 0.2) is 0 Å². The Labute approximate surface area is 116 Å². The van der Waals surface area contributed by atoms with Crippen LogP contribution in [0, 0.1) is 11.3 Å². The lowest BCUT2D eigenvalue weighted by Crippen LogP contribution is -2.01. The van der Waals surface area contributed by atoms with Crippen LogP contribution in [0.25, 0.3) is 0 Å². The van der Waals surface area contributed by atoms with E-state index in [1.807, 2.05) is 18.2 Å². The topological polar surface area (TPSA) is 78.5 Å². The summed E-state index contributed by atoms with van der Waals surface area (Å²) in [5, 5.41) is 20.9. The van der Waals surface area contributed by atoms with Crippen molar-refractivity contribution in [3.8, 4) is 11.8 Å². The molecule has 5 nitrogen and oxygen atoms in total. The summed E-state index contributed by atoms with van der Waals surface area (Å²) in [6.45, 7) is 1.96. The molecule has 2 rings (SSSR count). The molecule has 0 bridgehead atoms. The van der Waals surface area contributed by atoms with Crippen molar-refractivity contribution in [1.29, 1.82) is 5.26 Å². The van der Waals surface area contributed by atoms with Crippen molar-refractivity contribution in [2.45, 2.75) is 13.5 Å². The molecule has 100 valence electrons. The van der Waals surface area contributed by atoms with Crippen LogP contribution in [-0.4, -0.2) is 15.9 Å². The second-order valence-electron chi connectivity index (χ2n) is 4.12. The average molecular weight is 267 g/mol. The van der Waals surface area contributed by atoms with Crippen molar-refractivity contribution < 1.29 is 9.94 Å². The van der Waals surface area contributed by atoms with E-state index < -0.39 is 0 Å². The molecule has 0 saturated heterocycles. The summed E-state index contributed by atoms with van der Waals surface area (Å²) in [7, 11) is 0. The molecule has 0 radical (unpaired) electrons. The van der Waals surface area contributed by atoms with E-state index in [-0.39, 0.29) is 6.61 Å². The number of rotatable bonds is 4. The zero-order valence-corrected chi connectivity index (χ0v) is 10.9. The van der Waals surface area contributed by atoms with Crippen molar-refractivity contribution in [2.24, 2.45) is 5.16 Å². The van der Waals surface area contributed by atoms with Crippen molar-refractivity contribution in [3.63, 3.8) is 0 Å². The largest absolute Gasteiger partial charge is 0.489 e. The zero-order valence-electron chi connectivity index (χ0n) is 10.9. The predicted octanol–water partition coefficient (Wildman–Crippen LogP) is 2.73.